The van der Waals surface area contributed by atoms with Crippen LogP contribution in [0.5, 0.6) is 0 Å². The summed E-state index contributed by atoms with van der Waals surface area (Å²) in [5, 5.41) is 4.27. The Bertz CT molecular complexity index is 895. The number of fused-ring (bicyclic) bond motifs is 1. The molecule has 29 heavy (non-hydrogen) atoms. The van der Waals surface area contributed by atoms with E-state index in [4.69, 9.17) is 0 Å². The standard InChI is InChI=1S/C23H27F3N2O/c24-23(25,26)6-3-7-28-19-5-2-1-4-18(19)11-20(28)21(29)27-22-12-15-8-16(13-22)10-17(9-15)14-22/h1-2,4-5,11,15-17H,3,6-10,12-14H2,(H,27,29). The molecule has 4 aliphatic carbocycles. The molecule has 0 unspecified atom stereocenters. The lowest BCUT2D eigenvalue weighted by atomic mass is 9.53. The number of halogens is 3. The summed E-state index contributed by atoms with van der Waals surface area (Å²) < 4.78 is 39.7. The molecule has 4 fully saturated rings. The van der Waals surface area contributed by atoms with Crippen LogP contribution in [0.25, 0.3) is 10.9 Å². The van der Waals surface area contributed by atoms with Crippen molar-refractivity contribution in [3.8, 4) is 0 Å². The summed E-state index contributed by atoms with van der Waals surface area (Å²) >= 11 is 0. The molecule has 2 aromatic rings. The van der Waals surface area contributed by atoms with E-state index in [0.717, 1.165) is 47.9 Å². The van der Waals surface area contributed by atoms with Crippen LogP contribution in [0.2, 0.25) is 0 Å². The average Bonchev–Trinajstić information content (AvgIpc) is 2.98. The van der Waals surface area contributed by atoms with Gasteiger partial charge in [0.15, 0.2) is 0 Å². The van der Waals surface area contributed by atoms with E-state index in [1.807, 2.05) is 30.3 Å². The summed E-state index contributed by atoms with van der Waals surface area (Å²) in [7, 11) is 0. The fraction of sp³-hybridized carbons (Fsp3) is 0.609. The van der Waals surface area contributed by atoms with Gasteiger partial charge in [-0.3, -0.25) is 4.79 Å². The molecule has 0 radical (unpaired) electrons. The lowest BCUT2D eigenvalue weighted by Gasteiger charge is -2.56. The summed E-state index contributed by atoms with van der Waals surface area (Å²) in [5.74, 6) is 2.03. The number of aromatic nitrogens is 1. The van der Waals surface area contributed by atoms with Crippen molar-refractivity contribution >= 4 is 16.8 Å². The molecule has 0 spiro atoms. The molecule has 6 rings (SSSR count). The van der Waals surface area contributed by atoms with Gasteiger partial charge in [-0.25, -0.2) is 0 Å². The molecule has 1 aromatic carbocycles. The molecule has 0 saturated heterocycles. The molecular weight excluding hydrogens is 377 g/mol. The maximum absolute atomic E-state index is 13.3. The van der Waals surface area contributed by atoms with E-state index in [1.165, 1.54) is 19.3 Å². The fourth-order valence-electron chi connectivity index (χ4n) is 6.65. The SMILES string of the molecule is O=C(NC12CC3CC(CC(C3)C1)C2)c1cc2ccccc2n1CCCC(F)(F)F. The minimum atomic E-state index is -4.18. The first-order chi connectivity index (χ1) is 13.8. The minimum absolute atomic E-state index is 0.0280. The van der Waals surface area contributed by atoms with Crippen LogP contribution >= 0.6 is 0 Å². The highest BCUT2D eigenvalue weighted by Crippen LogP contribution is 2.55. The van der Waals surface area contributed by atoms with Crippen LogP contribution in [0, 0.1) is 17.8 Å². The third-order valence-corrected chi connectivity index (χ3v) is 7.30. The number of amides is 1. The maximum Gasteiger partial charge on any atom is 0.389 e. The van der Waals surface area contributed by atoms with Crippen LogP contribution in [0.4, 0.5) is 13.2 Å². The van der Waals surface area contributed by atoms with Crippen molar-refractivity contribution in [2.45, 2.75) is 69.6 Å². The number of rotatable bonds is 5. The first-order valence-corrected chi connectivity index (χ1v) is 10.8. The van der Waals surface area contributed by atoms with Gasteiger partial charge in [-0.15, -0.1) is 0 Å². The van der Waals surface area contributed by atoms with Crippen LogP contribution in [0.15, 0.2) is 30.3 Å². The number of nitrogens with zero attached hydrogens (tertiary/aromatic N) is 1. The molecule has 1 amide bonds. The first kappa shape index (κ1) is 19.0. The highest BCUT2D eigenvalue weighted by molar-refractivity contribution is 5.99. The molecular formula is C23H27F3N2O. The van der Waals surface area contributed by atoms with Crippen LogP contribution in [-0.2, 0) is 6.54 Å². The van der Waals surface area contributed by atoms with Gasteiger partial charge in [0.2, 0.25) is 0 Å². The first-order valence-electron chi connectivity index (χ1n) is 10.8. The number of nitrogens with one attached hydrogen (secondary N) is 1. The second-order valence-electron chi connectivity index (χ2n) is 9.61. The normalized spacial score (nSPS) is 30.8. The smallest absolute Gasteiger partial charge is 0.345 e. The molecule has 1 heterocycles. The van der Waals surface area contributed by atoms with E-state index in [2.05, 4.69) is 5.32 Å². The second kappa shape index (κ2) is 6.78. The largest absolute Gasteiger partial charge is 0.389 e. The van der Waals surface area contributed by atoms with E-state index < -0.39 is 12.6 Å². The van der Waals surface area contributed by atoms with E-state index >= 15 is 0 Å². The van der Waals surface area contributed by atoms with Gasteiger partial charge in [-0.05, 0) is 74.8 Å². The quantitative estimate of drug-likeness (QED) is 0.683. The van der Waals surface area contributed by atoms with Crippen molar-refractivity contribution in [2.75, 3.05) is 0 Å². The Balaban J connectivity index is 1.40. The number of para-hydroxylation sites is 1. The monoisotopic (exact) mass is 404 g/mol. The van der Waals surface area contributed by atoms with E-state index in [0.29, 0.717) is 5.69 Å². The third kappa shape index (κ3) is 3.66. The molecule has 0 aliphatic heterocycles. The summed E-state index contributed by atoms with van der Waals surface area (Å²) in [5.41, 5.74) is 1.20. The Morgan fingerprint density at radius 3 is 2.31 bits per heavy atom. The molecule has 4 bridgehead atoms. The highest BCUT2D eigenvalue weighted by atomic mass is 19.4. The summed E-state index contributed by atoms with van der Waals surface area (Å²) in [4.78, 5) is 13.3. The van der Waals surface area contributed by atoms with Gasteiger partial charge < -0.3 is 9.88 Å². The lowest BCUT2D eigenvalue weighted by molar-refractivity contribution is -0.135. The summed E-state index contributed by atoms with van der Waals surface area (Å²) in [6, 6.07) is 9.38. The van der Waals surface area contributed by atoms with Crippen LogP contribution in [-0.4, -0.2) is 22.2 Å². The zero-order chi connectivity index (χ0) is 20.2. The number of benzene rings is 1. The van der Waals surface area contributed by atoms with Crippen molar-refractivity contribution in [1.29, 1.82) is 0 Å². The van der Waals surface area contributed by atoms with Crippen molar-refractivity contribution in [3.63, 3.8) is 0 Å². The Kier molecular flexibility index (Phi) is 4.44. The molecule has 0 atom stereocenters. The van der Waals surface area contributed by atoms with Crippen molar-refractivity contribution in [2.24, 2.45) is 17.8 Å². The topological polar surface area (TPSA) is 34.0 Å². The number of alkyl halides is 3. The number of carbonyl (C=O) groups is 1. The number of hydrogen-bond acceptors (Lipinski definition) is 1. The van der Waals surface area contributed by atoms with Gasteiger partial charge in [-0.2, -0.15) is 13.2 Å². The molecule has 6 heteroatoms. The van der Waals surface area contributed by atoms with Gasteiger partial charge in [0.25, 0.3) is 5.91 Å². The second-order valence-corrected chi connectivity index (χ2v) is 9.61. The Morgan fingerprint density at radius 2 is 1.69 bits per heavy atom. The van der Waals surface area contributed by atoms with Crippen LogP contribution < -0.4 is 5.32 Å². The minimum Gasteiger partial charge on any atom is -0.345 e. The van der Waals surface area contributed by atoms with Gasteiger partial charge in [-0.1, -0.05) is 18.2 Å². The number of aryl methyl sites for hydroxylation is 1. The highest BCUT2D eigenvalue weighted by Gasteiger charge is 2.51. The zero-order valence-electron chi connectivity index (χ0n) is 16.5. The Morgan fingerprint density at radius 1 is 1.07 bits per heavy atom. The summed E-state index contributed by atoms with van der Waals surface area (Å²) in [6.07, 6.45) is 2.02. The summed E-state index contributed by atoms with van der Waals surface area (Å²) in [6.45, 7) is 0.191. The lowest BCUT2D eigenvalue weighted by Crippen LogP contribution is -2.60. The molecule has 1 N–H and O–H groups in total. The predicted molar refractivity (Wildman–Crippen MR) is 106 cm³/mol. The van der Waals surface area contributed by atoms with Crippen LogP contribution in [0.3, 0.4) is 0 Å². The average molecular weight is 404 g/mol. The molecule has 4 saturated carbocycles. The zero-order valence-corrected chi connectivity index (χ0v) is 16.5. The molecule has 1 aromatic heterocycles. The van der Waals surface area contributed by atoms with Gasteiger partial charge in [0.1, 0.15) is 5.69 Å². The Labute approximate surface area is 168 Å². The number of hydrogen-bond donors (Lipinski definition) is 1. The van der Waals surface area contributed by atoms with Crippen molar-refractivity contribution in [3.05, 3.63) is 36.0 Å². The van der Waals surface area contributed by atoms with Crippen molar-refractivity contribution < 1.29 is 18.0 Å². The van der Waals surface area contributed by atoms with Crippen molar-refractivity contribution in [1.82, 2.24) is 9.88 Å². The predicted octanol–water partition coefficient (Wildman–Crippen LogP) is 5.68. The fourth-order valence-corrected chi connectivity index (χ4v) is 6.65. The molecule has 3 nitrogen and oxygen atoms in total. The van der Waals surface area contributed by atoms with E-state index in [9.17, 15) is 18.0 Å². The van der Waals surface area contributed by atoms with E-state index in [-0.39, 0.29) is 24.4 Å². The Hall–Kier alpha value is -1.98. The molecule has 156 valence electrons. The number of carbonyl (C=O) groups excluding carboxylic acids is 1. The maximum atomic E-state index is 13.3. The third-order valence-electron chi connectivity index (χ3n) is 7.30. The van der Waals surface area contributed by atoms with Gasteiger partial charge >= 0.3 is 6.18 Å². The van der Waals surface area contributed by atoms with Crippen LogP contribution in [0.1, 0.15) is 61.9 Å². The van der Waals surface area contributed by atoms with Gasteiger partial charge in [0.05, 0.1) is 0 Å². The van der Waals surface area contributed by atoms with Gasteiger partial charge in [0, 0.05) is 29.4 Å². The molecule has 4 aliphatic rings. The van der Waals surface area contributed by atoms with E-state index in [1.54, 1.807) is 4.57 Å².